The van der Waals surface area contributed by atoms with Crippen molar-refractivity contribution in [1.29, 1.82) is 0 Å². The van der Waals surface area contributed by atoms with Gasteiger partial charge in [0.15, 0.2) is 15.5 Å². The number of benzene rings is 1. The summed E-state index contributed by atoms with van der Waals surface area (Å²) in [7, 11) is -1.26. The summed E-state index contributed by atoms with van der Waals surface area (Å²) in [4.78, 5) is 13.2. The SMILES string of the molecule is COc1ccccc1CCNc1cc(-c2cnc3c(cnn3C3CS(=O)(=O)C3)c2)ncn1. The first kappa shape index (κ1) is 20.4. The Kier molecular flexibility index (Phi) is 5.22. The summed E-state index contributed by atoms with van der Waals surface area (Å²) in [6.07, 6.45) is 5.76. The van der Waals surface area contributed by atoms with Gasteiger partial charge in [0, 0.05) is 29.8 Å². The number of pyridine rings is 1. The standard InChI is InChI=1S/C22H22N6O3S/c1-31-20-5-3-2-4-15(20)6-7-23-21-9-19(25-14-26-21)16-8-17-11-27-28(22(17)24-10-16)18-12-32(29,30)13-18/h2-5,8-11,14,18H,6-7,12-13H2,1H3,(H,23,25,26). The van der Waals surface area contributed by atoms with Crippen LogP contribution in [0.1, 0.15) is 11.6 Å². The minimum Gasteiger partial charge on any atom is -0.496 e. The van der Waals surface area contributed by atoms with Gasteiger partial charge < -0.3 is 10.1 Å². The first-order valence-electron chi connectivity index (χ1n) is 10.2. The quantitative estimate of drug-likeness (QED) is 0.457. The van der Waals surface area contributed by atoms with E-state index in [0.717, 1.165) is 40.2 Å². The Balaban J connectivity index is 1.30. The van der Waals surface area contributed by atoms with Gasteiger partial charge >= 0.3 is 0 Å². The molecule has 1 saturated heterocycles. The topological polar surface area (TPSA) is 112 Å². The van der Waals surface area contributed by atoms with Gasteiger partial charge in [-0.1, -0.05) is 18.2 Å². The molecule has 1 N–H and O–H groups in total. The number of hydrogen-bond acceptors (Lipinski definition) is 8. The highest BCUT2D eigenvalue weighted by Crippen LogP contribution is 2.28. The van der Waals surface area contributed by atoms with Gasteiger partial charge in [0.1, 0.15) is 17.9 Å². The molecule has 0 amide bonds. The number of nitrogens with zero attached hydrogens (tertiary/aromatic N) is 5. The van der Waals surface area contributed by atoms with E-state index >= 15 is 0 Å². The zero-order valence-electron chi connectivity index (χ0n) is 17.5. The van der Waals surface area contributed by atoms with Crippen molar-refractivity contribution in [2.24, 2.45) is 0 Å². The highest BCUT2D eigenvalue weighted by Gasteiger charge is 2.36. The number of nitrogens with one attached hydrogen (secondary N) is 1. The average Bonchev–Trinajstić information content (AvgIpc) is 3.21. The van der Waals surface area contributed by atoms with Crippen LogP contribution in [0.2, 0.25) is 0 Å². The maximum Gasteiger partial charge on any atom is 0.158 e. The van der Waals surface area contributed by atoms with E-state index in [1.165, 1.54) is 6.33 Å². The van der Waals surface area contributed by atoms with E-state index in [4.69, 9.17) is 4.74 Å². The van der Waals surface area contributed by atoms with E-state index < -0.39 is 9.84 Å². The molecule has 1 aliphatic rings. The zero-order chi connectivity index (χ0) is 22.1. The predicted molar refractivity (Wildman–Crippen MR) is 121 cm³/mol. The van der Waals surface area contributed by atoms with Crippen LogP contribution in [0.5, 0.6) is 5.75 Å². The van der Waals surface area contributed by atoms with Gasteiger partial charge in [-0.2, -0.15) is 5.10 Å². The molecule has 9 nitrogen and oxygen atoms in total. The Hall–Kier alpha value is -3.53. The lowest BCUT2D eigenvalue weighted by Gasteiger charge is -2.26. The molecule has 0 bridgehead atoms. The van der Waals surface area contributed by atoms with E-state index in [1.54, 1.807) is 24.2 Å². The predicted octanol–water partition coefficient (Wildman–Crippen LogP) is 2.52. The highest BCUT2D eigenvalue weighted by molar-refractivity contribution is 7.92. The minimum atomic E-state index is -2.93. The van der Waals surface area contributed by atoms with Crippen LogP contribution in [-0.4, -0.2) is 58.3 Å². The average molecular weight is 451 g/mol. The van der Waals surface area contributed by atoms with Gasteiger partial charge in [-0.25, -0.2) is 28.1 Å². The van der Waals surface area contributed by atoms with Gasteiger partial charge in [-0.3, -0.25) is 0 Å². The maximum absolute atomic E-state index is 11.5. The number of aromatic nitrogens is 5. The lowest BCUT2D eigenvalue weighted by molar-refractivity contribution is 0.410. The Morgan fingerprint density at radius 3 is 2.78 bits per heavy atom. The summed E-state index contributed by atoms with van der Waals surface area (Å²) >= 11 is 0. The molecule has 0 spiro atoms. The first-order valence-corrected chi connectivity index (χ1v) is 12.1. The normalized spacial score (nSPS) is 15.4. The fraction of sp³-hybridized carbons (Fsp3) is 0.273. The fourth-order valence-corrected chi connectivity index (χ4v) is 5.23. The number of methoxy groups -OCH3 is 1. The molecule has 0 atom stereocenters. The molecule has 1 fully saturated rings. The molecule has 164 valence electrons. The Bertz CT molecular complexity index is 1370. The Morgan fingerprint density at radius 2 is 1.97 bits per heavy atom. The van der Waals surface area contributed by atoms with Gasteiger partial charge in [-0.15, -0.1) is 0 Å². The molecular weight excluding hydrogens is 428 g/mol. The molecule has 0 radical (unpaired) electrons. The molecule has 32 heavy (non-hydrogen) atoms. The first-order chi connectivity index (χ1) is 15.5. The van der Waals surface area contributed by atoms with E-state index in [2.05, 4.69) is 25.4 Å². The number of hydrogen-bond donors (Lipinski definition) is 1. The molecular formula is C22H22N6O3S. The molecule has 4 aromatic rings. The molecule has 10 heteroatoms. The van der Waals surface area contributed by atoms with Crippen molar-refractivity contribution in [2.45, 2.75) is 12.5 Å². The third-order valence-electron chi connectivity index (χ3n) is 5.53. The number of anilines is 1. The molecule has 4 heterocycles. The van der Waals surface area contributed by atoms with E-state index in [1.807, 2.05) is 36.4 Å². The maximum atomic E-state index is 11.5. The highest BCUT2D eigenvalue weighted by atomic mass is 32.2. The van der Waals surface area contributed by atoms with Crippen LogP contribution in [0.25, 0.3) is 22.3 Å². The summed E-state index contributed by atoms with van der Waals surface area (Å²) in [6, 6.07) is 11.6. The van der Waals surface area contributed by atoms with Crippen LogP contribution < -0.4 is 10.1 Å². The van der Waals surface area contributed by atoms with E-state index in [-0.39, 0.29) is 17.5 Å². The Morgan fingerprint density at radius 1 is 1.12 bits per heavy atom. The molecule has 0 saturated carbocycles. The van der Waals surface area contributed by atoms with Crippen LogP contribution in [0, 0.1) is 0 Å². The van der Waals surface area contributed by atoms with E-state index in [9.17, 15) is 8.42 Å². The molecule has 0 unspecified atom stereocenters. The third kappa shape index (κ3) is 4.01. The molecule has 5 rings (SSSR count). The molecule has 1 aromatic carbocycles. The number of ether oxygens (including phenoxy) is 1. The number of fused-ring (bicyclic) bond motifs is 1. The molecule has 1 aliphatic heterocycles. The summed E-state index contributed by atoms with van der Waals surface area (Å²) in [5, 5.41) is 8.53. The fourth-order valence-electron chi connectivity index (χ4n) is 3.87. The Labute approximate surface area is 185 Å². The van der Waals surface area contributed by atoms with Crippen LogP contribution >= 0.6 is 0 Å². The van der Waals surface area contributed by atoms with Crippen molar-refractivity contribution in [1.82, 2.24) is 24.7 Å². The second-order valence-electron chi connectivity index (χ2n) is 7.73. The monoisotopic (exact) mass is 450 g/mol. The van der Waals surface area contributed by atoms with Crippen molar-refractivity contribution in [3.05, 3.63) is 60.7 Å². The minimum absolute atomic E-state index is 0.114. The smallest absolute Gasteiger partial charge is 0.158 e. The van der Waals surface area contributed by atoms with Gasteiger partial charge in [0.05, 0.1) is 36.5 Å². The van der Waals surface area contributed by atoms with Gasteiger partial charge in [0.2, 0.25) is 0 Å². The second kappa shape index (κ2) is 8.19. The summed E-state index contributed by atoms with van der Waals surface area (Å²) < 4.78 is 30.1. The number of rotatable bonds is 7. The third-order valence-corrected chi connectivity index (χ3v) is 7.31. The van der Waals surface area contributed by atoms with Crippen LogP contribution in [0.4, 0.5) is 5.82 Å². The van der Waals surface area contributed by atoms with Crippen LogP contribution in [0.3, 0.4) is 0 Å². The van der Waals surface area contributed by atoms with E-state index in [0.29, 0.717) is 12.2 Å². The van der Waals surface area contributed by atoms with Gasteiger partial charge in [-0.05, 0) is 24.1 Å². The van der Waals surface area contributed by atoms with Gasteiger partial charge in [0.25, 0.3) is 0 Å². The molecule has 3 aromatic heterocycles. The molecule has 0 aliphatic carbocycles. The lowest BCUT2D eigenvalue weighted by atomic mass is 10.1. The largest absolute Gasteiger partial charge is 0.496 e. The number of para-hydroxylation sites is 1. The van der Waals surface area contributed by atoms with Crippen LogP contribution in [0.15, 0.2) is 55.1 Å². The second-order valence-corrected chi connectivity index (χ2v) is 9.89. The van der Waals surface area contributed by atoms with Crippen molar-refractivity contribution < 1.29 is 13.2 Å². The summed E-state index contributed by atoms with van der Waals surface area (Å²) in [6.45, 7) is 0.700. The van der Waals surface area contributed by atoms with Crippen LogP contribution in [-0.2, 0) is 16.3 Å². The van der Waals surface area contributed by atoms with Crippen molar-refractivity contribution in [2.75, 3.05) is 30.5 Å². The lowest BCUT2D eigenvalue weighted by Crippen LogP contribution is -2.38. The zero-order valence-corrected chi connectivity index (χ0v) is 18.3. The van der Waals surface area contributed by atoms with Crippen molar-refractivity contribution in [3.63, 3.8) is 0 Å². The number of sulfone groups is 1. The van der Waals surface area contributed by atoms with Crippen molar-refractivity contribution in [3.8, 4) is 17.0 Å². The summed E-state index contributed by atoms with van der Waals surface area (Å²) in [5.41, 5.74) is 3.39. The van der Waals surface area contributed by atoms with Crippen molar-refractivity contribution >= 4 is 26.7 Å². The summed E-state index contributed by atoms with van der Waals surface area (Å²) in [5.74, 6) is 1.82.